The van der Waals surface area contributed by atoms with Crippen molar-refractivity contribution < 1.29 is 0 Å². The Balaban J connectivity index is 1.70. The van der Waals surface area contributed by atoms with Gasteiger partial charge in [-0.1, -0.05) is 12.1 Å². The third-order valence-corrected chi connectivity index (χ3v) is 4.71. The molecule has 0 amide bonds. The molecule has 0 spiro atoms. The minimum atomic E-state index is 0.778. The van der Waals surface area contributed by atoms with Gasteiger partial charge in [-0.15, -0.1) is 11.3 Å². The van der Waals surface area contributed by atoms with Crippen LogP contribution in [0.15, 0.2) is 40.2 Å². The number of benzene rings is 1. The predicted molar refractivity (Wildman–Crippen MR) is 83.3 cm³/mol. The Hall–Kier alpha value is -1.17. The minimum absolute atomic E-state index is 0.778. The second-order valence-electron chi connectivity index (χ2n) is 4.39. The lowest BCUT2D eigenvalue weighted by atomic mass is 10.3. The van der Waals surface area contributed by atoms with Crippen molar-refractivity contribution in [2.75, 3.05) is 0 Å². The summed E-state index contributed by atoms with van der Waals surface area (Å²) in [5.74, 6) is 1.07. The van der Waals surface area contributed by atoms with Crippen LogP contribution in [-0.4, -0.2) is 9.55 Å². The summed E-state index contributed by atoms with van der Waals surface area (Å²) in [5.41, 5.74) is 2.24. The highest BCUT2D eigenvalue weighted by Gasteiger charge is 2.06. The van der Waals surface area contributed by atoms with Gasteiger partial charge >= 0.3 is 0 Å². The monoisotopic (exact) mass is 335 g/mol. The Labute approximate surface area is 124 Å². The van der Waals surface area contributed by atoms with Gasteiger partial charge in [0.05, 0.1) is 21.4 Å². The molecule has 5 heteroatoms. The summed E-state index contributed by atoms with van der Waals surface area (Å²) >= 11 is 5.24. The molecule has 3 rings (SSSR count). The smallest absolute Gasteiger partial charge is 0.123 e. The highest BCUT2D eigenvalue weighted by atomic mass is 79.9. The molecule has 0 atom stereocenters. The van der Waals surface area contributed by atoms with Crippen LogP contribution < -0.4 is 5.32 Å². The lowest BCUT2D eigenvalue weighted by molar-refractivity contribution is 0.648. The third-order valence-electron chi connectivity index (χ3n) is 3.09. The molecule has 0 unspecified atom stereocenters. The molecule has 0 aliphatic heterocycles. The van der Waals surface area contributed by atoms with Crippen LogP contribution in [0.5, 0.6) is 0 Å². The summed E-state index contributed by atoms with van der Waals surface area (Å²) in [6.07, 6.45) is 0. The van der Waals surface area contributed by atoms with Gasteiger partial charge in [0.15, 0.2) is 0 Å². The molecule has 3 nitrogen and oxygen atoms in total. The summed E-state index contributed by atoms with van der Waals surface area (Å²) in [6, 6.07) is 12.4. The van der Waals surface area contributed by atoms with Crippen LogP contribution in [0.3, 0.4) is 0 Å². The molecule has 0 radical (unpaired) electrons. The van der Waals surface area contributed by atoms with Crippen molar-refractivity contribution in [1.82, 2.24) is 14.9 Å². The van der Waals surface area contributed by atoms with Gasteiger partial charge in [-0.3, -0.25) is 0 Å². The third kappa shape index (κ3) is 2.73. The number of aryl methyl sites for hydroxylation is 1. The van der Waals surface area contributed by atoms with Gasteiger partial charge in [-0.25, -0.2) is 4.98 Å². The molecule has 3 aromatic rings. The molecule has 0 saturated heterocycles. The van der Waals surface area contributed by atoms with Crippen LogP contribution in [0.25, 0.3) is 11.0 Å². The van der Waals surface area contributed by atoms with Crippen LogP contribution >= 0.6 is 27.3 Å². The maximum atomic E-state index is 4.64. The number of imidazole rings is 1. The molecule has 0 saturated carbocycles. The number of nitrogens with zero attached hydrogens (tertiary/aromatic N) is 2. The molecule has 1 N–H and O–H groups in total. The van der Waals surface area contributed by atoms with Gasteiger partial charge in [-0.2, -0.15) is 0 Å². The lowest BCUT2D eigenvalue weighted by Gasteiger charge is -2.03. The molecule has 2 aromatic heterocycles. The van der Waals surface area contributed by atoms with Gasteiger partial charge < -0.3 is 9.88 Å². The lowest BCUT2D eigenvalue weighted by Crippen LogP contribution is -2.15. The van der Waals surface area contributed by atoms with Gasteiger partial charge in [-0.05, 0) is 40.2 Å². The Bertz CT molecular complexity index is 702. The number of thiophene rings is 1. The number of aromatic nitrogens is 2. The molecule has 2 heterocycles. The minimum Gasteiger partial charge on any atom is -0.330 e. The van der Waals surface area contributed by atoms with Crippen LogP contribution in [0, 0.1) is 0 Å². The second kappa shape index (κ2) is 5.45. The Morgan fingerprint density at radius 2 is 2.05 bits per heavy atom. The predicted octanol–water partition coefficient (Wildman–Crippen LogP) is 3.69. The van der Waals surface area contributed by atoms with Crippen LogP contribution in [-0.2, 0) is 20.1 Å². The maximum Gasteiger partial charge on any atom is 0.123 e. The fourth-order valence-corrected chi connectivity index (χ4v) is 3.55. The van der Waals surface area contributed by atoms with Crippen LogP contribution in [0.1, 0.15) is 10.7 Å². The first kappa shape index (κ1) is 12.8. The second-order valence-corrected chi connectivity index (χ2v) is 6.93. The van der Waals surface area contributed by atoms with Crippen molar-refractivity contribution in [2.45, 2.75) is 13.1 Å². The fraction of sp³-hybridized carbons (Fsp3) is 0.214. The van der Waals surface area contributed by atoms with E-state index in [-0.39, 0.29) is 0 Å². The largest absolute Gasteiger partial charge is 0.330 e. The van der Waals surface area contributed by atoms with Gasteiger partial charge in [0.1, 0.15) is 5.82 Å². The number of hydrogen-bond donors (Lipinski definition) is 1. The number of nitrogens with one attached hydrogen (secondary N) is 1. The van der Waals surface area contributed by atoms with Crippen molar-refractivity contribution >= 4 is 38.3 Å². The zero-order valence-corrected chi connectivity index (χ0v) is 13.0. The first-order valence-electron chi connectivity index (χ1n) is 6.09. The van der Waals surface area contributed by atoms with Crippen molar-refractivity contribution in [3.8, 4) is 0 Å². The molecule has 0 bridgehead atoms. The Morgan fingerprint density at radius 3 is 2.79 bits per heavy atom. The number of hydrogen-bond acceptors (Lipinski definition) is 3. The molecule has 19 heavy (non-hydrogen) atoms. The van der Waals surface area contributed by atoms with E-state index in [0.29, 0.717) is 0 Å². The van der Waals surface area contributed by atoms with E-state index in [0.717, 1.165) is 24.4 Å². The number of fused-ring (bicyclic) bond motifs is 1. The average Bonchev–Trinajstić information content (AvgIpc) is 2.96. The average molecular weight is 336 g/mol. The van der Waals surface area contributed by atoms with Crippen LogP contribution in [0.4, 0.5) is 0 Å². The summed E-state index contributed by atoms with van der Waals surface area (Å²) in [5, 5.41) is 3.44. The summed E-state index contributed by atoms with van der Waals surface area (Å²) in [7, 11) is 2.06. The zero-order valence-electron chi connectivity index (χ0n) is 10.6. The van der Waals surface area contributed by atoms with E-state index < -0.39 is 0 Å². The number of rotatable bonds is 4. The SMILES string of the molecule is Cn1c(CNCc2ccc(Br)s2)nc2ccccc21. The molecule has 98 valence electrons. The zero-order chi connectivity index (χ0) is 13.2. The molecule has 0 aliphatic carbocycles. The normalized spacial score (nSPS) is 11.3. The molecular formula is C14H14BrN3S. The van der Waals surface area contributed by atoms with Crippen molar-refractivity contribution in [2.24, 2.45) is 7.05 Å². The highest BCUT2D eigenvalue weighted by molar-refractivity contribution is 9.11. The van der Waals surface area contributed by atoms with Gasteiger partial charge in [0, 0.05) is 18.5 Å². The highest BCUT2D eigenvalue weighted by Crippen LogP contribution is 2.22. The van der Waals surface area contributed by atoms with Crippen molar-refractivity contribution in [1.29, 1.82) is 0 Å². The molecule has 0 fully saturated rings. The summed E-state index contributed by atoms with van der Waals surface area (Å²) < 4.78 is 3.32. The van der Waals surface area contributed by atoms with E-state index in [4.69, 9.17) is 0 Å². The molecular weight excluding hydrogens is 322 g/mol. The van der Waals surface area contributed by atoms with E-state index in [1.807, 2.05) is 12.1 Å². The van der Waals surface area contributed by atoms with Gasteiger partial charge in [0.2, 0.25) is 0 Å². The van der Waals surface area contributed by atoms with E-state index in [1.165, 1.54) is 14.2 Å². The van der Waals surface area contributed by atoms with Crippen LogP contribution in [0.2, 0.25) is 0 Å². The van der Waals surface area contributed by atoms with E-state index in [9.17, 15) is 0 Å². The first-order chi connectivity index (χ1) is 9.24. The molecule has 0 aliphatic rings. The van der Waals surface area contributed by atoms with Crippen molar-refractivity contribution in [3.63, 3.8) is 0 Å². The van der Waals surface area contributed by atoms with E-state index >= 15 is 0 Å². The van der Waals surface area contributed by atoms with E-state index in [1.54, 1.807) is 11.3 Å². The number of halogens is 1. The fourth-order valence-electron chi connectivity index (χ4n) is 2.10. The summed E-state index contributed by atoms with van der Waals surface area (Å²) in [4.78, 5) is 5.97. The Morgan fingerprint density at radius 1 is 1.21 bits per heavy atom. The van der Waals surface area contributed by atoms with Crippen molar-refractivity contribution in [3.05, 3.63) is 50.9 Å². The van der Waals surface area contributed by atoms with Gasteiger partial charge in [0.25, 0.3) is 0 Å². The van der Waals surface area contributed by atoms with E-state index in [2.05, 4.69) is 62.1 Å². The number of para-hydroxylation sites is 2. The summed E-state index contributed by atoms with van der Waals surface area (Å²) in [6.45, 7) is 1.65. The first-order valence-corrected chi connectivity index (χ1v) is 7.70. The standard InChI is InChI=1S/C14H14BrN3S/c1-18-12-5-3-2-4-11(12)17-14(18)9-16-8-10-6-7-13(15)19-10/h2-7,16H,8-9H2,1H3. The quantitative estimate of drug-likeness (QED) is 0.788. The topological polar surface area (TPSA) is 29.9 Å². The Kier molecular flexibility index (Phi) is 3.68. The maximum absolute atomic E-state index is 4.64. The molecule has 1 aromatic carbocycles.